The van der Waals surface area contributed by atoms with E-state index < -0.39 is 16.0 Å². The average molecular weight is 627 g/mol. The molecule has 3 N–H and O–H groups in total. The van der Waals surface area contributed by atoms with Crippen LogP contribution < -0.4 is 16.0 Å². The summed E-state index contributed by atoms with van der Waals surface area (Å²) in [5, 5.41) is 9.91. The van der Waals surface area contributed by atoms with Crippen molar-refractivity contribution >= 4 is 109 Å². The van der Waals surface area contributed by atoms with Gasteiger partial charge in [-0.1, -0.05) is 0 Å². The molecule has 3 aromatic rings. The van der Waals surface area contributed by atoms with Crippen LogP contribution in [0.4, 0.5) is 17.1 Å². The molecule has 0 saturated carbocycles. The normalized spacial score (nSPS) is 10.4. The van der Waals surface area contributed by atoms with Crippen molar-refractivity contribution in [3.8, 4) is 0 Å². The summed E-state index contributed by atoms with van der Waals surface area (Å²) in [5.74, 6) is 0. The summed E-state index contributed by atoms with van der Waals surface area (Å²) in [5.41, 5.74) is 2.93. The molecule has 0 amide bonds. The van der Waals surface area contributed by atoms with Crippen LogP contribution in [0.25, 0.3) is 0 Å². The molecule has 0 spiro atoms. The Morgan fingerprint density at radius 1 is 0.484 bits per heavy atom. The molecule has 0 aliphatic carbocycles. The minimum atomic E-state index is -2.21. The van der Waals surface area contributed by atoms with Crippen molar-refractivity contribution < 1.29 is 0 Å². The van der Waals surface area contributed by atoms with Crippen molar-refractivity contribution in [2.45, 2.75) is 0 Å². The fourth-order valence-corrected chi connectivity index (χ4v) is 30.7. The molecule has 0 unspecified atom stereocenters. The van der Waals surface area contributed by atoms with Crippen LogP contribution in [0.1, 0.15) is 0 Å². The first kappa shape index (κ1) is 24.8. The van der Waals surface area contributed by atoms with Gasteiger partial charge in [-0.3, -0.25) is 0 Å². The van der Waals surface area contributed by atoms with Crippen molar-refractivity contribution in [1.82, 2.24) is 0 Å². The maximum absolute atomic E-state index is 5.62. The van der Waals surface area contributed by atoms with Crippen molar-refractivity contribution in [3.05, 3.63) is 91.0 Å². The van der Waals surface area contributed by atoms with Crippen LogP contribution in [0.15, 0.2) is 91.0 Å². The summed E-state index contributed by atoms with van der Waals surface area (Å²) in [6, 6.07) is 29.8. The number of rotatable bonds is 6. The number of benzene rings is 3. The Bertz CT molecular complexity index is 873. The summed E-state index contributed by atoms with van der Waals surface area (Å²) in [4.78, 5) is 0. The Hall–Kier alpha value is -0.802. The van der Waals surface area contributed by atoms with Gasteiger partial charge in [0.15, 0.2) is 0 Å². The number of hydrogen-bond donors (Lipinski definition) is 3. The van der Waals surface area contributed by atoms with Crippen molar-refractivity contribution in [3.63, 3.8) is 0 Å². The second-order valence-corrected chi connectivity index (χ2v) is 27.6. The van der Waals surface area contributed by atoms with Crippen LogP contribution in [0, 0.1) is 0 Å². The zero-order valence-electron chi connectivity index (χ0n) is 16.1. The Kier molecular flexibility index (Phi) is 11.0. The zero-order valence-corrected chi connectivity index (χ0v) is 23.5. The van der Waals surface area contributed by atoms with E-state index in [1.54, 1.807) is 26.5 Å². The molecule has 158 valence electrons. The van der Waals surface area contributed by atoms with E-state index >= 15 is 0 Å². The summed E-state index contributed by atoms with van der Waals surface area (Å²) in [6.07, 6.45) is 0. The molecule has 3 aromatic carbocycles. The molecule has 0 saturated heterocycles. The predicted molar refractivity (Wildman–Crippen MR) is 157 cm³/mol. The number of anilines is 3. The number of nitrogens with one attached hydrogen (secondary N) is 3. The van der Waals surface area contributed by atoms with Crippen LogP contribution in [0.2, 0.25) is 0 Å². The molecular formula is C21H18N3S6Sb. The van der Waals surface area contributed by atoms with Gasteiger partial charge in [0.25, 0.3) is 0 Å². The fraction of sp³-hybridized carbons (Fsp3) is 0. The summed E-state index contributed by atoms with van der Waals surface area (Å²) in [7, 11) is 5.08. The molecule has 31 heavy (non-hydrogen) atoms. The van der Waals surface area contributed by atoms with E-state index in [-0.39, 0.29) is 0 Å². The van der Waals surface area contributed by atoms with E-state index in [9.17, 15) is 0 Å². The second-order valence-electron chi connectivity index (χ2n) is 5.83. The molecule has 0 bridgehead atoms. The van der Waals surface area contributed by atoms with Crippen molar-refractivity contribution in [2.75, 3.05) is 16.0 Å². The van der Waals surface area contributed by atoms with Crippen LogP contribution in [-0.2, 0) is 0 Å². The van der Waals surface area contributed by atoms with Gasteiger partial charge in [-0.05, 0) is 0 Å². The van der Waals surface area contributed by atoms with Gasteiger partial charge < -0.3 is 0 Å². The molecule has 0 aliphatic rings. The maximum atomic E-state index is 5.62. The molecule has 0 heterocycles. The Morgan fingerprint density at radius 2 is 0.742 bits per heavy atom. The zero-order chi connectivity index (χ0) is 21.9. The molecule has 3 nitrogen and oxygen atoms in total. The van der Waals surface area contributed by atoms with Crippen molar-refractivity contribution in [1.29, 1.82) is 0 Å². The second kappa shape index (κ2) is 13.7. The molecule has 0 fully saturated rings. The van der Waals surface area contributed by atoms with E-state index in [2.05, 4.69) is 16.0 Å². The molecular weight excluding hydrogens is 608 g/mol. The third-order valence-electron chi connectivity index (χ3n) is 3.53. The molecule has 0 aliphatic heterocycles. The van der Waals surface area contributed by atoms with Gasteiger partial charge in [0.2, 0.25) is 0 Å². The fourth-order valence-electron chi connectivity index (χ4n) is 2.25. The predicted octanol–water partition coefficient (Wildman–Crippen LogP) is 7.36. The van der Waals surface area contributed by atoms with Gasteiger partial charge in [0.05, 0.1) is 0 Å². The topological polar surface area (TPSA) is 36.1 Å². The van der Waals surface area contributed by atoms with Gasteiger partial charge in [0, 0.05) is 0 Å². The van der Waals surface area contributed by atoms with Gasteiger partial charge in [-0.15, -0.1) is 0 Å². The molecule has 0 radical (unpaired) electrons. The SMILES string of the molecule is S=C(Nc1ccccc1)[S][Sb]([S]C(=S)Nc1ccccc1)[S]C(=S)Nc1ccccc1. The van der Waals surface area contributed by atoms with E-state index in [0.717, 1.165) is 30.0 Å². The Morgan fingerprint density at radius 3 is 1.00 bits per heavy atom. The number of para-hydroxylation sites is 3. The van der Waals surface area contributed by atoms with Crippen LogP contribution in [-0.4, -0.2) is 29.0 Å². The first-order valence-electron chi connectivity index (χ1n) is 9.00. The first-order chi connectivity index (χ1) is 15.1. The molecule has 3 rings (SSSR count). The third-order valence-corrected chi connectivity index (χ3v) is 26.7. The standard InChI is InChI=1S/3C7H7NS2.Sb/c3*9-7(10)8-6-4-2-1-3-5-6;/h3*1-5H,(H2,8,9,10);/q;;;+3/p-3. The summed E-state index contributed by atoms with van der Waals surface area (Å²) in [6.45, 7) is 0. The van der Waals surface area contributed by atoms with Crippen molar-refractivity contribution in [2.24, 2.45) is 0 Å². The number of thiocarbonyl (C=S) groups is 3. The summed E-state index contributed by atoms with van der Waals surface area (Å²) < 4.78 is 2.21. The van der Waals surface area contributed by atoms with Gasteiger partial charge >= 0.3 is 216 Å². The quantitative estimate of drug-likeness (QED) is 0.192. The van der Waals surface area contributed by atoms with E-state index in [0.29, 0.717) is 0 Å². The number of hydrogen-bond acceptors (Lipinski definition) is 6. The Labute approximate surface area is 214 Å². The first-order valence-corrected chi connectivity index (χ1v) is 21.9. The monoisotopic (exact) mass is 625 g/mol. The van der Waals surface area contributed by atoms with Crippen LogP contribution >= 0.6 is 63.2 Å². The minimum absolute atomic E-state index is 0.735. The van der Waals surface area contributed by atoms with E-state index in [4.69, 9.17) is 36.7 Å². The third kappa shape index (κ3) is 9.70. The molecule has 0 aromatic heterocycles. The molecule has 0 atom stereocenters. The molecule has 10 heteroatoms. The van der Waals surface area contributed by atoms with Gasteiger partial charge in [-0.25, -0.2) is 0 Å². The van der Waals surface area contributed by atoms with Crippen LogP contribution in [0.3, 0.4) is 0 Å². The Balaban J connectivity index is 1.62. The van der Waals surface area contributed by atoms with Crippen LogP contribution in [0.5, 0.6) is 0 Å². The average Bonchev–Trinajstić information content (AvgIpc) is 2.75. The van der Waals surface area contributed by atoms with Gasteiger partial charge in [-0.2, -0.15) is 0 Å². The summed E-state index contributed by atoms with van der Waals surface area (Å²) >= 11 is 14.7. The van der Waals surface area contributed by atoms with E-state index in [1.165, 1.54) is 0 Å². The van der Waals surface area contributed by atoms with E-state index in [1.807, 2.05) is 91.0 Å². The van der Waals surface area contributed by atoms with Gasteiger partial charge in [0.1, 0.15) is 0 Å².